The second kappa shape index (κ2) is 7.84. The van der Waals surface area contributed by atoms with E-state index in [0.717, 1.165) is 11.3 Å². The highest BCUT2D eigenvalue weighted by molar-refractivity contribution is 6.30. The van der Waals surface area contributed by atoms with Crippen molar-refractivity contribution in [1.29, 1.82) is 0 Å². The molecule has 0 aromatic heterocycles. The number of benzene rings is 2. The molecule has 2 aromatic carbocycles. The predicted octanol–water partition coefficient (Wildman–Crippen LogP) is 3.51. The van der Waals surface area contributed by atoms with Gasteiger partial charge >= 0.3 is 0 Å². The molecule has 0 saturated heterocycles. The average Bonchev–Trinajstić information content (AvgIpc) is 2.55. The Bertz CT molecular complexity index is 744. The fourth-order valence-corrected chi connectivity index (χ4v) is 2.41. The molecule has 0 saturated carbocycles. The third kappa shape index (κ3) is 4.49. The Morgan fingerprint density at radius 2 is 1.83 bits per heavy atom. The van der Waals surface area contributed by atoms with Crippen LogP contribution in [0.4, 0.5) is 11.4 Å². The number of rotatable bonds is 5. The molecule has 0 heterocycles. The minimum atomic E-state index is -0.178. The van der Waals surface area contributed by atoms with Crippen molar-refractivity contribution < 1.29 is 14.3 Å². The first kappa shape index (κ1) is 17.8. The Morgan fingerprint density at radius 3 is 2.42 bits per heavy atom. The van der Waals surface area contributed by atoms with Gasteiger partial charge < -0.3 is 15.0 Å². The van der Waals surface area contributed by atoms with E-state index >= 15 is 0 Å². The Labute approximate surface area is 146 Å². The van der Waals surface area contributed by atoms with E-state index in [1.807, 2.05) is 0 Å². The standard InChI is InChI=1S/C18H19ClN2O3/c1-12(22)21(2)16-7-5-15(6-8-16)20-18(23)11-13-10-14(19)4-9-17(13)24-3/h4-10H,11H2,1-3H3,(H,20,23). The lowest BCUT2D eigenvalue weighted by molar-refractivity contribution is -0.116. The number of hydrogen-bond acceptors (Lipinski definition) is 3. The first-order valence-electron chi connectivity index (χ1n) is 7.37. The van der Waals surface area contributed by atoms with Gasteiger partial charge in [-0.2, -0.15) is 0 Å². The van der Waals surface area contributed by atoms with E-state index in [-0.39, 0.29) is 18.2 Å². The van der Waals surface area contributed by atoms with Crippen LogP contribution in [-0.2, 0) is 16.0 Å². The molecule has 0 aliphatic carbocycles. The summed E-state index contributed by atoms with van der Waals surface area (Å²) in [5.41, 5.74) is 2.13. The Morgan fingerprint density at radius 1 is 1.17 bits per heavy atom. The lowest BCUT2D eigenvalue weighted by Crippen LogP contribution is -2.22. The van der Waals surface area contributed by atoms with Crippen LogP contribution in [0.5, 0.6) is 5.75 Å². The predicted molar refractivity (Wildman–Crippen MR) is 95.9 cm³/mol. The number of methoxy groups -OCH3 is 1. The van der Waals surface area contributed by atoms with Crippen LogP contribution in [-0.4, -0.2) is 26.0 Å². The molecule has 0 spiro atoms. The van der Waals surface area contributed by atoms with Crippen molar-refractivity contribution in [1.82, 2.24) is 0 Å². The van der Waals surface area contributed by atoms with Crippen LogP contribution in [0.2, 0.25) is 5.02 Å². The summed E-state index contributed by atoms with van der Waals surface area (Å²) in [6.07, 6.45) is 0.152. The number of amides is 2. The van der Waals surface area contributed by atoms with Gasteiger partial charge in [-0.25, -0.2) is 0 Å². The zero-order valence-electron chi connectivity index (χ0n) is 13.8. The van der Waals surface area contributed by atoms with E-state index in [1.165, 1.54) is 11.8 Å². The normalized spacial score (nSPS) is 10.2. The van der Waals surface area contributed by atoms with Gasteiger partial charge in [0.25, 0.3) is 0 Å². The van der Waals surface area contributed by atoms with Gasteiger partial charge in [-0.05, 0) is 42.5 Å². The number of anilines is 2. The maximum Gasteiger partial charge on any atom is 0.228 e. The summed E-state index contributed by atoms with van der Waals surface area (Å²) in [5.74, 6) is 0.385. The van der Waals surface area contributed by atoms with Gasteiger partial charge in [-0.3, -0.25) is 9.59 Å². The number of carbonyl (C=O) groups is 2. The fourth-order valence-electron chi connectivity index (χ4n) is 2.21. The summed E-state index contributed by atoms with van der Waals surface area (Å²) >= 11 is 5.97. The topological polar surface area (TPSA) is 58.6 Å². The SMILES string of the molecule is COc1ccc(Cl)cc1CC(=O)Nc1ccc(N(C)C(C)=O)cc1. The summed E-state index contributed by atoms with van der Waals surface area (Å²) in [4.78, 5) is 25.1. The molecule has 0 atom stereocenters. The van der Waals surface area contributed by atoms with E-state index < -0.39 is 0 Å². The van der Waals surface area contributed by atoms with E-state index in [4.69, 9.17) is 16.3 Å². The largest absolute Gasteiger partial charge is 0.496 e. The molecule has 6 heteroatoms. The van der Waals surface area contributed by atoms with Crippen LogP contribution in [0.1, 0.15) is 12.5 Å². The molecule has 1 N–H and O–H groups in total. The van der Waals surface area contributed by atoms with Gasteiger partial charge in [0, 0.05) is 35.9 Å². The highest BCUT2D eigenvalue weighted by atomic mass is 35.5. The summed E-state index contributed by atoms with van der Waals surface area (Å²) in [6, 6.07) is 12.2. The minimum Gasteiger partial charge on any atom is -0.496 e. The molecule has 0 bridgehead atoms. The highest BCUT2D eigenvalue weighted by Crippen LogP contribution is 2.24. The summed E-state index contributed by atoms with van der Waals surface area (Å²) in [7, 11) is 3.25. The van der Waals surface area contributed by atoms with Crippen molar-refractivity contribution in [3.05, 3.63) is 53.1 Å². The second-order valence-corrected chi connectivity index (χ2v) is 5.74. The number of nitrogens with one attached hydrogen (secondary N) is 1. The number of ether oxygens (including phenoxy) is 1. The summed E-state index contributed by atoms with van der Waals surface area (Å²) in [6.45, 7) is 1.49. The molecular weight excluding hydrogens is 328 g/mol. The molecule has 0 aliphatic heterocycles. The summed E-state index contributed by atoms with van der Waals surface area (Å²) in [5, 5.41) is 3.37. The lowest BCUT2D eigenvalue weighted by Gasteiger charge is -2.15. The minimum absolute atomic E-state index is 0.0557. The van der Waals surface area contributed by atoms with Crippen LogP contribution in [0, 0.1) is 0 Å². The van der Waals surface area contributed by atoms with E-state index in [9.17, 15) is 9.59 Å². The third-order valence-corrected chi connectivity index (χ3v) is 3.84. The van der Waals surface area contributed by atoms with Gasteiger partial charge in [-0.1, -0.05) is 11.6 Å². The summed E-state index contributed by atoms with van der Waals surface area (Å²) < 4.78 is 5.24. The van der Waals surface area contributed by atoms with E-state index in [0.29, 0.717) is 16.5 Å². The van der Waals surface area contributed by atoms with Gasteiger partial charge in [0.15, 0.2) is 0 Å². The Balaban J connectivity index is 2.05. The van der Waals surface area contributed by atoms with Crippen LogP contribution in [0.3, 0.4) is 0 Å². The molecule has 2 rings (SSSR count). The van der Waals surface area contributed by atoms with Gasteiger partial charge in [0.05, 0.1) is 13.5 Å². The average molecular weight is 347 g/mol. The van der Waals surface area contributed by atoms with Crippen LogP contribution in [0.25, 0.3) is 0 Å². The lowest BCUT2D eigenvalue weighted by atomic mass is 10.1. The fraction of sp³-hybridized carbons (Fsp3) is 0.222. The van der Waals surface area contributed by atoms with Crippen molar-refractivity contribution in [2.24, 2.45) is 0 Å². The van der Waals surface area contributed by atoms with Crippen LogP contribution < -0.4 is 15.0 Å². The molecule has 0 fully saturated rings. The maximum atomic E-state index is 12.2. The molecule has 126 valence electrons. The van der Waals surface area contributed by atoms with E-state index in [2.05, 4.69) is 5.32 Å². The zero-order chi connectivity index (χ0) is 17.7. The number of nitrogens with zero attached hydrogens (tertiary/aromatic N) is 1. The molecular formula is C18H19ClN2O3. The van der Waals surface area contributed by atoms with Crippen molar-refractivity contribution in [2.75, 3.05) is 24.4 Å². The Kier molecular flexibility index (Phi) is 5.82. The van der Waals surface area contributed by atoms with Crippen molar-refractivity contribution >= 4 is 34.8 Å². The number of carbonyl (C=O) groups excluding carboxylic acids is 2. The van der Waals surface area contributed by atoms with Gasteiger partial charge in [0.2, 0.25) is 11.8 Å². The smallest absolute Gasteiger partial charge is 0.228 e. The molecule has 0 aliphatic rings. The van der Waals surface area contributed by atoms with Gasteiger partial charge in [-0.15, -0.1) is 0 Å². The molecule has 0 unspecified atom stereocenters. The Hall–Kier alpha value is -2.53. The van der Waals surface area contributed by atoms with Crippen LogP contribution >= 0.6 is 11.6 Å². The number of hydrogen-bond donors (Lipinski definition) is 1. The van der Waals surface area contributed by atoms with Crippen molar-refractivity contribution in [3.63, 3.8) is 0 Å². The third-order valence-electron chi connectivity index (χ3n) is 3.60. The first-order chi connectivity index (χ1) is 11.4. The van der Waals surface area contributed by atoms with Crippen molar-refractivity contribution in [2.45, 2.75) is 13.3 Å². The number of halogens is 1. The molecule has 2 amide bonds. The monoisotopic (exact) mass is 346 g/mol. The maximum absolute atomic E-state index is 12.2. The van der Waals surface area contributed by atoms with Crippen LogP contribution in [0.15, 0.2) is 42.5 Å². The second-order valence-electron chi connectivity index (χ2n) is 5.31. The molecule has 5 nitrogen and oxygen atoms in total. The molecule has 2 aromatic rings. The first-order valence-corrected chi connectivity index (χ1v) is 7.75. The molecule has 24 heavy (non-hydrogen) atoms. The van der Waals surface area contributed by atoms with Crippen molar-refractivity contribution in [3.8, 4) is 5.75 Å². The molecule has 0 radical (unpaired) electrons. The quantitative estimate of drug-likeness (QED) is 0.901. The highest BCUT2D eigenvalue weighted by Gasteiger charge is 2.11. The van der Waals surface area contributed by atoms with E-state index in [1.54, 1.807) is 56.6 Å². The van der Waals surface area contributed by atoms with Gasteiger partial charge in [0.1, 0.15) is 5.75 Å². The zero-order valence-corrected chi connectivity index (χ0v) is 14.6.